The fourth-order valence-corrected chi connectivity index (χ4v) is 4.33. The minimum absolute atomic E-state index is 0.0128. The molecule has 0 spiro atoms. The zero-order valence-corrected chi connectivity index (χ0v) is 18.0. The zero-order chi connectivity index (χ0) is 21.8. The van der Waals surface area contributed by atoms with Gasteiger partial charge in [-0.2, -0.15) is 0 Å². The van der Waals surface area contributed by atoms with Gasteiger partial charge < -0.3 is 10.6 Å². The number of aromatic nitrogens is 3. The molecule has 2 N–H and O–H groups in total. The third kappa shape index (κ3) is 5.10. The van der Waals surface area contributed by atoms with E-state index in [1.165, 1.54) is 30.9 Å². The Bertz CT molecular complexity index is 1170. The van der Waals surface area contributed by atoms with Crippen LogP contribution in [0.2, 0.25) is 0 Å². The molecule has 0 aliphatic rings. The van der Waals surface area contributed by atoms with Crippen molar-refractivity contribution in [2.24, 2.45) is 0 Å². The average molecular weight is 448 g/mol. The molecule has 0 radical (unpaired) electrons. The molecule has 0 bridgehead atoms. The van der Waals surface area contributed by atoms with Crippen molar-refractivity contribution in [1.82, 2.24) is 15.0 Å². The van der Waals surface area contributed by atoms with Crippen molar-refractivity contribution in [1.29, 1.82) is 0 Å². The van der Waals surface area contributed by atoms with Crippen LogP contribution in [0, 0.1) is 0 Å². The van der Waals surface area contributed by atoms with E-state index in [9.17, 15) is 16.8 Å². The Kier molecular flexibility index (Phi) is 6.32. The molecule has 2 aromatic heterocycles. The molecule has 30 heavy (non-hydrogen) atoms. The summed E-state index contributed by atoms with van der Waals surface area (Å²) in [7, 11) is -6.70. The Morgan fingerprint density at radius 2 is 1.37 bits per heavy atom. The molecule has 0 saturated heterocycles. The van der Waals surface area contributed by atoms with E-state index < -0.39 is 19.7 Å². The zero-order valence-electron chi connectivity index (χ0n) is 16.4. The summed E-state index contributed by atoms with van der Waals surface area (Å²) in [6.07, 6.45) is 4.12. The lowest BCUT2D eigenvalue weighted by Gasteiger charge is -2.10. The van der Waals surface area contributed by atoms with E-state index in [0.29, 0.717) is 23.0 Å². The highest BCUT2D eigenvalue weighted by atomic mass is 32.2. The highest BCUT2D eigenvalue weighted by Crippen LogP contribution is 2.23. The maximum Gasteiger partial charge on any atom is 0.179 e. The molecule has 0 saturated carbocycles. The van der Waals surface area contributed by atoms with Crippen LogP contribution < -0.4 is 10.6 Å². The van der Waals surface area contributed by atoms with Crippen LogP contribution in [0.3, 0.4) is 0 Å². The summed E-state index contributed by atoms with van der Waals surface area (Å²) < 4.78 is 48.2. The van der Waals surface area contributed by atoms with Crippen LogP contribution in [0.15, 0.2) is 64.9 Å². The number of nitrogens with one attached hydrogen (secondary N) is 2. The molecule has 1 aromatic carbocycles. The van der Waals surface area contributed by atoms with Crippen molar-refractivity contribution in [2.45, 2.75) is 23.6 Å². The van der Waals surface area contributed by atoms with Gasteiger partial charge >= 0.3 is 0 Å². The lowest BCUT2D eigenvalue weighted by Crippen LogP contribution is -2.05. The second-order valence-corrected chi connectivity index (χ2v) is 10.8. The first kappa shape index (κ1) is 21.7. The van der Waals surface area contributed by atoms with E-state index in [2.05, 4.69) is 25.6 Å². The van der Waals surface area contributed by atoms with Crippen molar-refractivity contribution >= 4 is 42.7 Å². The fourth-order valence-electron chi connectivity index (χ4n) is 2.55. The van der Waals surface area contributed by atoms with E-state index in [0.717, 1.165) is 0 Å². The molecule has 11 heteroatoms. The largest absolute Gasteiger partial charge is 0.340 e. The van der Waals surface area contributed by atoms with Crippen LogP contribution in [-0.2, 0) is 19.7 Å². The Labute approximate surface area is 175 Å². The first-order chi connectivity index (χ1) is 14.2. The van der Waals surface area contributed by atoms with Gasteiger partial charge in [0.05, 0.1) is 33.2 Å². The van der Waals surface area contributed by atoms with Crippen LogP contribution in [0.5, 0.6) is 0 Å². The summed E-state index contributed by atoms with van der Waals surface area (Å²) in [5, 5.41) is 6.04. The van der Waals surface area contributed by atoms with Crippen LogP contribution in [0.4, 0.5) is 23.0 Å². The Hall–Kier alpha value is -3.05. The van der Waals surface area contributed by atoms with E-state index >= 15 is 0 Å². The van der Waals surface area contributed by atoms with E-state index in [1.54, 1.807) is 38.1 Å². The van der Waals surface area contributed by atoms with Crippen molar-refractivity contribution in [3.8, 4) is 0 Å². The molecular weight excluding hydrogens is 426 g/mol. The molecule has 0 fully saturated rings. The third-order valence-electron chi connectivity index (χ3n) is 4.24. The summed E-state index contributed by atoms with van der Waals surface area (Å²) in [5.74, 6) is 0.840. The minimum Gasteiger partial charge on any atom is -0.340 e. The number of pyridine rings is 1. The number of nitrogens with zero attached hydrogens (tertiary/aromatic N) is 3. The lowest BCUT2D eigenvalue weighted by atomic mass is 10.3. The summed E-state index contributed by atoms with van der Waals surface area (Å²) in [6.45, 7) is 3.16. The number of benzene rings is 1. The fraction of sp³-hybridized carbons (Fsp3) is 0.211. The molecule has 0 aliphatic heterocycles. The quantitative estimate of drug-likeness (QED) is 0.535. The third-order valence-corrected chi connectivity index (χ3v) is 7.67. The first-order valence-corrected chi connectivity index (χ1v) is 12.4. The van der Waals surface area contributed by atoms with Gasteiger partial charge in [0.2, 0.25) is 0 Å². The highest BCUT2D eigenvalue weighted by molar-refractivity contribution is 7.91. The Morgan fingerprint density at radius 1 is 0.767 bits per heavy atom. The van der Waals surface area contributed by atoms with Gasteiger partial charge in [-0.1, -0.05) is 19.9 Å². The van der Waals surface area contributed by atoms with Crippen LogP contribution >= 0.6 is 0 Å². The van der Waals surface area contributed by atoms with Gasteiger partial charge in [0.15, 0.2) is 19.7 Å². The summed E-state index contributed by atoms with van der Waals surface area (Å²) >= 11 is 0. The summed E-state index contributed by atoms with van der Waals surface area (Å²) in [6, 6.07) is 9.56. The van der Waals surface area contributed by atoms with Crippen molar-refractivity contribution in [2.75, 3.05) is 22.1 Å². The molecular formula is C19H21N5O4S2. The molecule has 0 atom stereocenters. The molecule has 0 amide bonds. The summed E-state index contributed by atoms with van der Waals surface area (Å²) in [4.78, 5) is 12.6. The number of rotatable bonds is 8. The van der Waals surface area contributed by atoms with Gasteiger partial charge in [-0.05, 0) is 24.3 Å². The number of hydrogen-bond acceptors (Lipinski definition) is 9. The van der Waals surface area contributed by atoms with Crippen LogP contribution in [-0.4, -0.2) is 43.3 Å². The van der Waals surface area contributed by atoms with E-state index in [-0.39, 0.29) is 21.3 Å². The lowest BCUT2D eigenvalue weighted by molar-refractivity contribution is 0.595. The summed E-state index contributed by atoms with van der Waals surface area (Å²) in [5.41, 5.74) is 1.03. The molecule has 158 valence electrons. The maximum absolute atomic E-state index is 12.1. The highest BCUT2D eigenvalue weighted by Gasteiger charge is 2.13. The number of sulfone groups is 2. The Balaban J connectivity index is 1.81. The molecule has 3 aromatic rings. The second-order valence-electron chi connectivity index (χ2n) is 6.28. The van der Waals surface area contributed by atoms with Crippen molar-refractivity contribution in [3.63, 3.8) is 0 Å². The van der Waals surface area contributed by atoms with Gasteiger partial charge in [-0.25, -0.2) is 26.8 Å². The van der Waals surface area contributed by atoms with Crippen molar-refractivity contribution < 1.29 is 16.8 Å². The standard InChI is InChI=1S/C19H21N5O4S2/c1-3-29(25,26)16-7-5-6-14(8-16)23-18-10-19(22-13-21-18)24-15-9-17(12-20-11-15)30(27,28)4-2/h5-13H,3-4H2,1-2H3,(H2,21,22,23,24). The smallest absolute Gasteiger partial charge is 0.179 e. The monoisotopic (exact) mass is 447 g/mol. The van der Waals surface area contributed by atoms with Gasteiger partial charge in [0.25, 0.3) is 0 Å². The molecule has 3 rings (SSSR count). The first-order valence-electron chi connectivity index (χ1n) is 9.10. The molecule has 9 nitrogen and oxygen atoms in total. The second kappa shape index (κ2) is 8.76. The molecule has 2 heterocycles. The average Bonchev–Trinajstić information content (AvgIpc) is 2.74. The minimum atomic E-state index is -3.38. The van der Waals surface area contributed by atoms with Crippen LogP contribution in [0.25, 0.3) is 0 Å². The van der Waals surface area contributed by atoms with Gasteiger partial charge in [0, 0.05) is 18.0 Å². The Morgan fingerprint density at radius 3 is 2.03 bits per heavy atom. The predicted molar refractivity (Wildman–Crippen MR) is 115 cm³/mol. The van der Waals surface area contributed by atoms with Crippen molar-refractivity contribution in [3.05, 3.63) is 55.1 Å². The SMILES string of the molecule is CCS(=O)(=O)c1cccc(Nc2cc(Nc3cncc(S(=O)(=O)CC)c3)ncn2)c1. The van der Waals surface area contributed by atoms with Crippen LogP contribution in [0.1, 0.15) is 13.8 Å². The van der Waals surface area contributed by atoms with E-state index in [1.807, 2.05) is 0 Å². The number of anilines is 4. The van der Waals surface area contributed by atoms with Gasteiger partial charge in [0.1, 0.15) is 18.0 Å². The van der Waals surface area contributed by atoms with E-state index in [4.69, 9.17) is 0 Å². The normalized spacial score (nSPS) is 11.8. The maximum atomic E-state index is 12.1. The predicted octanol–water partition coefficient (Wildman–Crippen LogP) is 2.95. The van der Waals surface area contributed by atoms with Gasteiger partial charge in [-0.3, -0.25) is 4.98 Å². The topological polar surface area (TPSA) is 131 Å². The van der Waals surface area contributed by atoms with Gasteiger partial charge in [-0.15, -0.1) is 0 Å². The number of hydrogen-bond donors (Lipinski definition) is 2. The molecule has 0 unspecified atom stereocenters. The molecule has 0 aliphatic carbocycles.